The number of benzene rings is 1. The van der Waals surface area contributed by atoms with E-state index in [1.165, 1.54) is 15.9 Å². The predicted molar refractivity (Wildman–Crippen MR) is 96.5 cm³/mol. The Kier molecular flexibility index (Phi) is 4.10. The molecule has 0 radical (unpaired) electrons. The van der Waals surface area contributed by atoms with Crippen LogP contribution in [0.4, 0.5) is 0 Å². The number of carbonyl (C=O) groups is 3. The van der Waals surface area contributed by atoms with Crippen LogP contribution < -0.4 is 0 Å². The molecule has 4 rings (SSSR count). The van der Waals surface area contributed by atoms with Gasteiger partial charge in [0.15, 0.2) is 0 Å². The minimum atomic E-state index is -0.663. The summed E-state index contributed by atoms with van der Waals surface area (Å²) < 4.78 is 1.84. The molecule has 2 aromatic rings. The number of piperazine rings is 2. The number of nitrogens with zero attached hydrogens (tertiary/aromatic N) is 4. The van der Waals surface area contributed by atoms with E-state index in [2.05, 4.69) is 0 Å². The molecule has 3 amide bonds. The molecular weight excluding hydrogens is 348 g/mol. The van der Waals surface area contributed by atoms with Crippen molar-refractivity contribution in [2.45, 2.75) is 6.04 Å². The average molecular weight is 368 g/mol. The van der Waals surface area contributed by atoms with Gasteiger partial charge in [-0.2, -0.15) is 0 Å². The zero-order valence-electron chi connectivity index (χ0n) is 14.9. The molecule has 8 nitrogen and oxygen atoms in total. The Morgan fingerprint density at radius 2 is 1.89 bits per heavy atom. The third-order valence-electron chi connectivity index (χ3n) is 5.13. The maximum absolute atomic E-state index is 13.0. The molecule has 0 bridgehead atoms. The van der Waals surface area contributed by atoms with Crippen LogP contribution in [0, 0.1) is 0 Å². The number of aromatic hydroxyl groups is 1. The molecule has 1 aromatic heterocycles. The smallest absolute Gasteiger partial charge is 0.257 e. The molecule has 0 unspecified atom stereocenters. The van der Waals surface area contributed by atoms with Crippen LogP contribution in [-0.4, -0.2) is 81.4 Å². The zero-order valence-corrected chi connectivity index (χ0v) is 14.9. The van der Waals surface area contributed by atoms with Crippen molar-refractivity contribution in [1.82, 2.24) is 19.3 Å². The molecule has 2 fully saturated rings. The van der Waals surface area contributed by atoms with Gasteiger partial charge in [-0.05, 0) is 30.3 Å². The van der Waals surface area contributed by atoms with Crippen LogP contribution in [0.1, 0.15) is 10.4 Å². The molecule has 3 heterocycles. The second kappa shape index (κ2) is 6.46. The molecule has 1 N–H and O–H groups in total. The molecule has 27 heavy (non-hydrogen) atoms. The van der Waals surface area contributed by atoms with Gasteiger partial charge < -0.3 is 24.4 Å². The Balaban J connectivity index is 1.59. The Morgan fingerprint density at radius 3 is 2.63 bits per heavy atom. The normalized spacial score (nSPS) is 20.0. The van der Waals surface area contributed by atoms with E-state index in [-0.39, 0.29) is 42.1 Å². The maximum atomic E-state index is 13.0. The van der Waals surface area contributed by atoms with Crippen LogP contribution in [0.5, 0.6) is 5.75 Å². The van der Waals surface area contributed by atoms with Gasteiger partial charge in [-0.3, -0.25) is 14.4 Å². The van der Waals surface area contributed by atoms with Crippen molar-refractivity contribution < 1.29 is 19.5 Å². The van der Waals surface area contributed by atoms with Crippen molar-refractivity contribution in [3.63, 3.8) is 0 Å². The number of likely N-dealkylation sites (N-methyl/N-ethyl adjacent to an activating group) is 1. The van der Waals surface area contributed by atoms with Crippen molar-refractivity contribution in [1.29, 1.82) is 0 Å². The largest absolute Gasteiger partial charge is 0.507 e. The van der Waals surface area contributed by atoms with Crippen molar-refractivity contribution in [2.75, 3.05) is 33.2 Å². The number of fused-ring (bicyclic) bond motifs is 1. The number of phenolic OH excluding ortho intramolecular Hbond substituents is 1. The van der Waals surface area contributed by atoms with Gasteiger partial charge in [0.05, 0.1) is 18.7 Å². The Labute approximate surface area is 156 Å². The molecule has 0 aliphatic carbocycles. The van der Waals surface area contributed by atoms with Crippen LogP contribution in [0.15, 0.2) is 42.7 Å². The minimum absolute atomic E-state index is 0.0724. The second-order valence-corrected chi connectivity index (χ2v) is 6.84. The first-order valence-electron chi connectivity index (χ1n) is 8.76. The topological polar surface area (TPSA) is 86.1 Å². The zero-order chi connectivity index (χ0) is 19.1. The Morgan fingerprint density at radius 1 is 1.15 bits per heavy atom. The third kappa shape index (κ3) is 2.92. The van der Waals surface area contributed by atoms with Gasteiger partial charge in [0.2, 0.25) is 11.8 Å². The number of amides is 3. The molecule has 2 saturated heterocycles. The van der Waals surface area contributed by atoms with E-state index in [0.29, 0.717) is 13.1 Å². The molecule has 1 atom stereocenters. The fourth-order valence-electron chi connectivity index (χ4n) is 3.64. The number of hydrogen-bond acceptors (Lipinski definition) is 4. The van der Waals surface area contributed by atoms with Crippen molar-refractivity contribution in [2.24, 2.45) is 0 Å². The fraction of sp³-hybridized carbons (Fsp3) is 0.316. The highest BCUT2D eigenvalue weighted by Gasteiger charge is 2.42. The van der Waals surface area contributed by atoms with Crippen molar-refractivity contribution in [3.05, 3.63) is 48.3 Å². The van der Waals surface area contributed by atoms with Crippen LogP contribution in [0.2, 0.25) is 0 Å². The number of rotatable bonds is 2. The SMILES string of the molecule is CN1CC(=O)N2CCN(C(=O)c3cc(-n4cccc4)ccc3O)C[C@H]2C1=O. The minimum Gasteiger partial charge on any atom is -0.507 e. The van der Waals surface area contributed by atoms with Gasteiger partial charge in [0, 0.05) is 38.2 Å². The molecule has 1 aromatic carbocycles. The molecule has 140 valence electrons. The molecule has 0 spiro atoms. The molecular formula is C19H20N4O4. The summed E-state index contributed by atoms with van der Waals surface area (Å²) >= 11 is 0. The quantitative estimate of drug-likeness (QED) is 0.827. The van der Waals surface area contributed by atoms with Gasteiger partial charge in [0.25, 0.3) is 5.91 Å². The van der Waals surface area contributed by atoms with Crippen molar-refractivity contribution in [3.8, 4) is 11.4 Å². The van der Waals surface area contributed by atoms with Gasteiger partial charge in [-0.1, -0.05) is 0 Å². The van der Waals surface area contributed by atoms with E-state index in [1.807, 2.05) is 29.1 Å². The third-order valence-corrected chi connectivity index (χ3v) is 5.13. The molecule has 8 heteroatoms. The van der Waals surface area contributed by atoms with Crippen LogP contribution in [0.3, 0.4) is 0 Å². The first-order valence-corrected chi connectivity index (χ1v) is 8.76. The van der Waals surface area contributed by atoms with E-state index >= 15 is 0 Å². The Bertz CT molecular complexity index is 908. The first kappa shape index (κ1) is 17.1. The van der Waals surface area contributed by atoms with E-state index in [0.717, 1.165) is 5.69 Å². The molecule has 0 saturated carbocycles. The first-order chi connectivity index (χ1) is 13.0. The average Bonchev–Trinajstić information content (AvgIpc) is 3.20. The summed E-state index contributed by atoms with van der Waals surface area (Å²) in [7, 11) is 1.59. The summed E-state index contributed by atoms with van der Waals surface area (Å²) in [5, 5.41) is 10.2. The van der Waals surface area contributed by atoms with Gasteiger partial charge in [0.1, 0.15) is 11.8 Å². The van der Waals surface area contributed by atoms with Crippen LogP contribution in [-0.2, 0) is 9.59 Å². The lowest BCUT2D eigenvalue weighted by atomic mass is 10.1. The summed E-state index contributed by atoms with van der Waals surface area (Å²) in [5.41, 5.74) is 0.932. The fourth-order valence-corrected chi connectivity index (χ4v) is 3.64. The van der Waals surface area contributed by atoms with Gasteiger partial charge in [-0.15, -0.1) is 0 Å². The van der Waals surface area contributed by atoms with Gasteiger partial charge in [-0.25, -0.2) is 0 Å². The lowest BCUT2D eigenvalue weighted by molar-refractivity contribution is -0.157. The standard InChI is InChI=1S/C19H20N4O4/c1-20-12-17(25)23-9-8-22(11-15(23)19(20)27)18(26)14-10-13(4-5-16(14)24)21-6-2-3-7-21/h2-7,10,15,24H,8-9,11-12H2,1H3/t15-/m0/s1. The summed E-state index contributed by atoms with van der Waals surface area (Å²) in [6, 6.07) is 7.92. The van der Waals surface area contributed by atoms with E-state index in [4.69, 9.17) is 0 Å². The monoisotopic (exact) mass is 368 g/mol. The van der Waals surface area contributed by atoms with Crippen LogP contribution in [0.25, 0.3) is 5.69 Å². The predicted octanol–water partition coefficient (Wildman–Crippen LogP) is 0.308. The van der Waals surface area contributed by atoms with Crippen molar-refractivity contribution >= 4 is 17.7 Å². The lowest BCUT2D eigenvalue weighted by Crippen LogP contribution is -2.66. The summed E-state index contributed by atoms with van der Waals surface area (Å²) in [5.74, 6) is -0.736. The number of phenols is 1. The Hall–Kier alpha value is -3.29. The highest BCUT2D eigenvalue weighted by Crippen LogP contribution is 2.25. The van der Waals surface area contributed by atoms with Crippen LogP contribution >= 0.6 is 0 Å². The second-order valence-electron chi connectivity index (χ2n) is 6.84. The number of hydrogen-bond donors (Lipinski definition) is 1. The summed E-state index contributed by atoms with van der Waals surface area (Å²) in [6.07, 6.45) is 3.70. The maximum Gasteiger partial charge on any atom is 0.257 e. The van der Waals surface area contributed by atoms with Gasteiger partial charge >= 0.3 is 0 Å². The summed E-state index contributed by atoms with van der Waals surface area (Å²) in [6.45, 7) is 0.835. The molecule has 2 aliphatic rings. The molecule has 2 aliphatic heterocycles. The van der Waals surface area contributed by atoms with E-state index in [9.17, 15) is 19.5 Å². The highest BCUT2D eigenvalue weighted by molar-refractivity contribution is 5.99. The lowest BCUT2D eigenvalue weighted by Gasteiger charge is -2.45. The van der Waals surface area contributed by atoms with E-state index < -0.39 is 6.04 Å². The summed E-state index contributed by atoms with van der Waals surface area (Å²) in [4.78, 5) is 42.1. The van der Waals surface area contributed by atoms with E-state index in [1.54, 1.807) is 24.1 Å². The number of aromatic nitrogens is 1. The highest BCUT2D eigenvalue weighted by atomic mass is 16.3. The number of carbonyl (C=O) groups excluding carboxylic acids is 3.